The minimum absolute atomic E-state index is 0.602. The molecule has 3 N–H and O–H groups in total. The van der Waals surface area contributed by atoms with Gasteiger partial charge in [-0.05, 0) is 48.0 Å². The summed E-state index contributed by atoms with van der Waals surface area (Å²) < 4.78 is 2.63. The van der Waals surface area contributed by atoms with E-state index in [-0.39, 0.29) is 0 Å². The monoisotopic (exact) mass is 319 g/mol. The zero-order chi connectivity index (χ0) is 14.0. The molecule has 2 aromatic rings. The smallest absolute Gasteiger partial charge is 0.152 e. The number of aromatic nitrogens is 2. The Balaban J connectivity index is 2.39. The number of benzene rings is 1. The van der Waals surface area contributed by atoms with Crippen LogP contribution in [-0.2, 0) is 6.54 Å². The van der Waals surface area contributed by atoms with Crippen LogP contribution in [0.15, 0.2) is 22.7 Å². The van der Waals surface area contributed by atoms with Crippen LogP contribution in [0.2, 0.25) is 0 Å². The van der Waals surface area contributed by atoms with Crippen LogP contribution >= 0.6 is 15.9 Å². The molecule has 0 atom stereocenters. The lowest BCUT2D eigenvalue weighted by molar-refractivity contribution is 0.661. The van der Waals surface area contributed by atoms with Crippen molar-refractivity contribution in [1.82, 2.24) is 9.78 Å². The Morgan fingerprint density at radius 3 is 2.84 bits per heavy atom. The first-order chi connectivity index (χ1) is 9.06. The first-order valence-corrected chi connectivity index (χ1v) is 6.65. The highest BCUT2D eigenvalue weighted by Gasteiger charge is 2.12. The molecule has 0 unspecified atom stereocenters. The second-order valence-corrected chi connectivity index (χ2v) is 4.95. The quantitative estimate of drug-likeness (QED) is 0.910. The van der Waals surface area contributed by atoms with Crippen molar-refractivity contribution in [2.75, 3.05) is 11.1 Å². The average molecular weight is 320 g/mol. The lowest BCUT2D eigenvalue weighted by Gasteiger charge is -2.11. The number of anilines is 3. The molecule has 19 heavy (non-hydrogen) atoms. The van der Waals surface area contributed by atoms with Gasteiger partial charge in [-0.1, -0.05) is 0 Å². The van der Waals surface area contributed by atoms with E-state index in [0.717, 1.165) is 28.2 Å². The summed E-state index contributed by atoms with van der Waals surface area (Å²) in [4.78, 5) is 0. The number of hydrogen-bond donors (Lipinski definition) is 2. The number of nitrogens with one attached hydrogen (secondary N) is 1. The molecule has 0 saturated heterocycles. The molecule has 1 heterocycles. The summed E-state index contributed by atoms with van der Waals surface area (Å²) in [5.74, 6) is 0.769. The number of nitrogens with zero attached hydrogens (tertiary/aromatic N) is 3. The number of nitriles is 1. The summed E-state index contributed by atoms with van der Waals surface area (Å²) in [5.41, 5.74) is 8.91. The maximum absolute atomic E-state index is 8.85. The molecule has 0 bridgehead atoms. The molecule has 0 saturated carbocycles. The van der Waals surface area contributed by atoms with Gasteiger partial charge in [-0.2, -0.15) is 10.4 Å². The topological polar surface area (TPSA) is 79.7 Å². The molecule has 0 aliphatic rings. The van der Waals surface area contributed by atoms with E-state index in [0.29, 0.717) is 11.3 Å². The molecular weight excluding hydrogens is 306 g/mol. The molecule has 5 nitrogen and oxygen atoms in total. The van der Waals surface area contributed by atoms with Crippen LogP contribution in [0.5, 0.6) is 0 Å². The third-order valence-corrected chi connectivity index (χ3v) is 3.48. The summed E-state index contributed by atoms with van der Waals surface area (Å²) in [7, 11) is 0. The zero-order valence-electron chi connectivity index (χ0n) is 10.7. The van der Waals surface area contributed by atoms with Gasteiger partial charge in [0.2, 0.25) is 0 Å². The van der Waals surface area contributed by atoms with Crippen LogP contribution in [0.1, 0.15) is 18.2 Å². The fraction of sp³-hybridized carbons (Fsp3) is 0.231. The van der Waals surface area contributed by atoms with E-state index in [1.807, 2.05) is 24.6 Å². The molecule has 0 radical (unpaired) electrons. The molecule has 0 spiro atoms. The highest BCUT2D eigenvalue weighted by molar-refractivity contribution is 9.10. The molecule has 98 valence electrons. The fourth-order valence-electron chi connectivity index (χ4n) is 1.77. The van der Waals surface area contributed by atoms with Gasteiger partial charge in [-0.3, -0.25) is 0 Å². The summed E-state index contributed by atoms with van der Waals surface area (Å²) in [6, 6.07) is 7.45. The summed E-state index contributed by atoms with van der Waals surface area (Å²) in [5, 5.41) is 16.4. The van der Waals surface area contributed by atoms with E-state index in [1.165, 1.54) is 0 Å². The van der Waals surface area contributed by atoms with Crippen LogP contribution in [0.25, 0.3) is 0 Å². The van der Waals surface area contributed by atoms with Crippen molar-refractivity contribution >= 4 is 33.1 Å². The number of hydrogen-bond acceptors (Lipinski definition) is 4. The van der Waals surface area contributed by atoms with E-state index >= 15 is 0 Å². The van der Waals surface area contributed by atoms with Crippen LogP contribution in [0.4, 0.5) is 17.2 Å². The Morgan fingerprint density at radius 1 is 1.53 bits per heavy atom. The normalized spacial score (nSPS) is 10.2. The number of rotatable bonds is 3. The summed E-state index contributed by atoms with van der Waals surface area (Å²) in [6.45, 7) is 4.61. The highest BCUT2D eigenvalue weighted by Crippen LogP contribution is 2.30. The molecule has 0 aliphatic heterocycles. The predicted octanol–water partition coefficient (Wildman–Crippen LogP) is 3.17. The van der Waals surface area contributed by atoms with E-state index in [9.17, 15) is 0 Å². The fourth-order valence-corrected chi connectivity index (χ4v) is 2.25. The van der Waals surface area contributed by atoms with E-state index in [4.69, 9.17) is 11.0 Å². The van der Waals surface area contributed by atoms with E-state index in [1.54, 1.807) is 12.1 Å². The lowest BCUT2D eigenvalue weighted by Crippen LogP contribution is -2.04. The Kier molecular flexibility index (Phi) is 3.76. The average Bonchev–Trinajstić information content (AvgIpc) is 2.68. The molecule has 2 rings (SSSR count). The standard InChI is InChI=1S/C13H14BrN5/c1-3-19-13(12(16)8(2)18-19)17-11-5-4-9(7-15)6-10(11)14/h4-6,17H,3,16H2,1-2H3. The van der Waals surface area contributed by atoms with Crippen molar-refractivity contribution in [3.05, 3.63) is 33.9 Å². The molecule has 0 fully saturated rings. The maximum atomic E-state index is 8.85. The van der Waals surface area contributed by atoms with Gasteiger partial charge in [-0.25, -0.2) is 4.68 Å². The second-order valence-electron chi connectivity index (χ2n) is 4.09. The van der Waals surface area contributed by atoms with Crippen molar-refractivity contribution in [2.45, 2.75) is 20.4 Å². The van der Waals surface area contributed by atoms with Crippen LogP contribution in [0.3, 0.4) is 0 Å². The Bertz CT molecular complexity index is 654. The van der Waals surface area contributed by atoms with E-state index < -0.39 is 0 Å². The van der Waals surface area contributed by atoms with Gasteiger partial charge in [0, 0.05) is 11.0 Å². The third-order valence-electron chi connectivity index (χ3n) is 2.82. The maximum Gasteiger partial charge on any atom is 0.152 e. The van der Waals surface area contributed by atoms with Gasteiger partial charge in [0.15, 0.2) is 5.82 Å². The number of halogens is 1. The Morgan fingerprint density at radius 2 is 2.26 bits per heavy atom. The number of nitrogen functional groups attached to an aromatic ring is 1. The number of nitrogens with two attached hydrogens (primary N) is 1. The van der Waals surface area contributed by atoms with Gasteiger partial charge in [0.25, 0.3) is 0 Å². The van der Waals surface area contributed by atoms with Crippen LogP contribution in [0, 0.1) is 18.3 Å². The molecule has 0 aliphatic carbocycles. The minimum Gasteiger partial charge on any atom is -0.394 e. The van der Waals surface area contributed by atoms with Crippen molar-refractivity contribution in [3.8, 4) is 6.07 Å². The van der Waals surface area contributed by atoms with Gasteiger partial charge in [0.1, 0.15) is 0 Å². The third kappa shape index (κ3) is 2.56. The molecular formula is C13H14BrN5. The van der Waals surface area contributed by atoms with Crippen molar-refractivity contribution in [2.24, 2.45) is 0 Å². The first-order valence-electron chi connectivity index (χ1n) is 5.86. The number of aryl methyl sites for hydroxylation is 2. The summed E-state index contributed by atoms with van der Waals surface area (Å²) in [6.07, 6.45) is 0. The van der Waals surface area contributed by atoms with Gasteiger partial charge >= 0.3 is 0 Å². The highest BCUT2D eigenvalue weighted by atomic mass is 79.9. The molecule has 0 amide bonds. The molecule has 6 heteroatoms. The van der Waals surface area contributed by atoms with Crippen molar-refractivity contribution < 1.29 is 0 Å². The molecule has 1 aromatic carbocycles. The SMILES string of the molecule is CCn1nc(C)c(N)c1Nc1ccc(C#N)cc1Br. The van der Waals surface area contributed by atoms with Crippen molar-refractivity contribution in [1.29, 1.82) is 5.26 Å². The lowest BCUT2D eigenvalue weighted by atomic mass is 10.2. The molecule has 1 aromatic heterocycles. The van der Waals surface area contributed by atoms with Gasteiger partial charge in [0.05, 0.1) is 28.7 Å². The first kappa shape index (κ1) is 13.4. The van der Waals surface area contributed by atoms with E-state index in [2.05, 4.69) is 32.4 Å². The minimum atomic E-state index is 0.602. The summed E-state index contributed by atoms with van der Waals surface area (Å²) >= 11 is 3.44. The van der Waals surface area contributed by atoms with Gasteiger partial charge in [-0.15, -0.1) is 0 Å². The van der Waals surface area contributed by atoms with Crippen LogP contribution in [-0.4, -0.2) is 9.78 Å². The Labute approximate surface area is 120 Å². The van der Waals surface area contributed by atoms with Gasteiger partial charge < -0.3 is 11.1 Å². The second kappa shape index (κ2) is 5.33. The van der Waals surface area contributed by atoms with Crippen LogP contribution < -0.4 is 11.1 Å². The van der Waals surface area contributed by atoms with Crippen molar-refractivity contribution in [3.63, 3.8) is 0 Å². The Hall–Kier alpha value is -2.00. The largest absolute Gasteiger partial charge is 0.394 e. The zero-order valence-corrected chi connectivity index (χ0v) is 12.3. The predicted molar refractivity (Wildman–Crippen MR) is 79.2 cm³/mol.